The van der Waals surface area contributed by atoms with Gasteiger partial charge < -0.3 is 20.0 Å². The zero-order chi connectivity index (χ0) is 25.0. The number of benzene rings is 1. The van der Waals surface area contributed by atoms with Crippen LogP contribution in [0.4, 0.5) is 4.39 Å². The summed E-state index contributed by atoms with van der Waals surface area (Å²) in [5.74, 6) is -1.89. The van der Waals surface area contributed by atoms with E-state index in [1.807, 2.05) is 6.92 Å². The van der Waals surface area contributed by atoms with E-state index in [1.54, 1.807) is 11.9 Å². The lowest BCUT2D eigenvalue weighted by atomic mass is 9.86. The van der Waals surface area contributed by atoms with Gasteiger partial charge in [-0.25, -0.2) is 4.39 Å². The molecule has 4 atom stereocenters. The summed E-state index contributed by atoms with van der Waals surface area (Å²) < 4.78 is 14.9. The first-order chi connectivity index (χ1) is 16.6. The Balaban J connectivity index is 1.48. The van der Waals surface area contributed by atoms with Crippen LogP contribution in [0.3, 0.4) is 0 Å². The van der Waals surface area contributed by atoms with Crippen LogP contribution in [0.5, 0.6) is 5.75 Å². The van der Waals surface area contributed by atoms with Crippen molar-refractivity contribution < 1.29 is 24.2 Å². The van der Waals surface area contributed by atoms with Crippen LogP contribution in [0.1, 0.15) is 51.7 Å². The molecule has 1 aromatic carbocycles. The van der Waals surface area contributed by atoms with Crippen molar-refractivity contribution in [3.05, 3.63) is 61.8 Å². The average Bonchev–Trinajstić information content (AvgIpc) is 3.15. The number of aromatic nitrogens is 1. The average molecular weight is 502 g/mol. The Bertz CT molecular complexity index is 1390. The Morgan fingerprint density at radius 1 is 1.23 bits per heavy atom. The van der Waals surface area contributed by atoms with Gasteiger partial charge in [0.15, 0.2) is 5.75 Å². The molecule has 35 heavy (non-hydrogen) atoms. The van der Waals surface area contributed by atoms with Crippen molar-refractivity contribution in [3.63, 3.8) is 0 Å². The lowest BCUT2D eigenvalue weighted by Crippen LogP contribution is -2.55. The van der Waals surface area contributed by atoms with Crippen LogP contribution in [-0.2, 0) is 18.6 Å². The summed E-state index contributed by atoms with van der Waals surface area (Å²) in [7, 11) is 1.64. The molecule has 2 saturated carbocycles. The van der Waals surface area contributed by atoms with Crippen molar-refractivity contribution in [2.24, 2.45) is 17.3 Å². The monoisotopic (exact) mass is 501 g/mol. The Morgan fingerprint density at radius 2 is 1.97 bits per heavy atom. The van der Waals surface area contributed by atoms with Crippen LogP contribution in [0, 0.1) is 23.1 Å². The number of carbonyl (C=O) groups is 2. The third kappa shape index (κ3) is 2.48. The van der Waals surface area contributed by atoms with E-state index in [0.29, 0.717) is 17.5 Å². The molecule has 4 unspecified atom stereocenters. The van der Waals surface area contributed by atoms with Crippen LogP contribution in [0.25, 0.3) is 0 Å². The Hall–Kier alpha value is -2.91. The molecule has 0 radical (unpaired) electrons. The van der Waals surface area contributed by atoms with E-state index in [4.69, 9.17) is 11.6 Å². The van der Waals surface area contributed by atoms with Gasteiger partial charge in [0.1, 0.15) is 17.2 Å². The number of amides is 2. The number of rotatable bonds is 3. The number of fused-ring (bicyclic) bond motifs is 6. The van der Waals surface area contributed by atoms with Crippen LogP contribution in [0.15, 0.2) is 23.0 Å². The summed E-state index contributed by atoms with van der Waals surface area (Å²) >= 11 is 5.87. The SMILES string of the molecule is CC1C2CCC3(N(C)C(=O)c4c5c(c(O)c(=O)n43)C(=O)N(Cc3ccc(F)c(Cl)c3)CC5)C12CO. The van der Waals surface area contributed by atoms with Gasteiger partial charge in [0.2, 0.25) is 0 Å². The maximum absolute atomic E-state index is 13.6. The maximum Gasteiger partial charge on any atom is 0.296 e. The third-order valence-corrected chi connectivity index (χ3v) is 9.45. The quantitative estimate of drug-likeness (QED) is 0.672. The van der Waals surface area contributed by atoms with Crippen molar-refractivity contribution in [3.8, 4) is 5.75 Å². The summed E-state index contributed by atoms with van der Waals surface area (Å²) in [6, 6.07) is 4.17. The second-order valence-corrected chi connectivity index (χ2v) is 10.6. The number of halogens is 2. The Kier molecular flexibility index (Phi) is 4.56. The first-order valence-corrected chi connectivity index (χ1v) is 12.1. The van der Waals surface area contributed by atoms with E-state index in [2.05, 4.69) is 0 Å². The summed E-state index contributed by atoms with van der Waals surface area (Å²) in [6.45, 7) is 2.21. The number of hydrogen-bond acceptors (Lipinski definition) is 5. The highest BCUT2D eigenvalue weighted by atomic mass is 35.5. The van der Waals surface area contributed by atoms with Gasteiger partial charge in [0.25, 0.3) is 17.4 Å². The topological polar surface area (TPSA) is 103 Å². The molecule has 2 fully saturated rings. The fourth-order valence-electron chi connectivity index (χ4n) is 7.43. The lowest BCUT2D eigenvalue weighted by Gasteiger charge is -2.42. The number of carbonyl (C=O) groups excluding carboxylic acids is 2. The normalized spacial score (nSPS) is 30.7. The third-order valence-electron chi connectivity index (χ3n) is 9.16. The van der Waals surface area contributed by atoms with Crippen molar-refractivity contribution in [2.45, 2.75) is 38.4 Å². The van der Waals surface area contributed by atoms with Gasteiger partial charge in [-0.2, -0.15) is 0 Å². The molecule has 4 aliphatic rings. The number of nitrogens with zero attached hydrogens (tertiary/aromatic N) is 3. The minimum absolute atomic E-state index is 0.0628. The van der Waals surface area contributed by atoms with E-state index < -0.39 is 34.1 Å². The highest BCUT2D eigenvalue weighted by molar-refractivity contribution is 6.30. The Morgan fingerprint density at radius 3 is 2.63 bits per heavy atom. The van der Waals surface area contributed by atoms with Gasteiger partial charge in [0, 0.05) is 31.1 Å². The van der Waals surface area contributed by atoms with Crippen molar-refractivity contribution in [1.29, 1.82) is 0 Å². The molecular weight excluding hydrogens is 477 g/mol. The maximum atomic E-state index is 13.6. The molecule has 2 aliphatic carbocycles. The van der Waals surface area contributed by atoms with E-state index in [9.17, 15) is 29.0 Å². The van der Waals surface area contributed by atoms with Crippen molar-refractivity contribution in [2.75, 3.05) is 20.2 Å². The first kappa shape index (κ1) is 22.5. The minimum atomic E-state index is -1.06. The molecule has 1 aromatic heterocycles. The molecular formula is C25H25ClFN3O5. The van der Waals surface area contributed by atoms with Gasteiger partial charge >= 0.3 is 0 Å². The number of hydrogen-bond donors (Lipinski definition) is 2. The van der Waals surface area contributed by atoms with Crippen molar-refractivity contribution >= 4 is 23.4 Å². The van der Waals surface area contributed by atoms with Gasteiger partial charge in [0.05, 0.1) is 17.2 Å². The van der Waals surface area contributed by atoms with Crippen molar-refractivity contribution in [1.82, 2.24) is 14.4 Å². The lowest BCUT2D eigenvalue weighted by molar-refractivity contribution is -0.0246. The van der Waals surface area contributed by atoms with Gasteiger partial charge in [-0.1, -0.05) is 24.6 Å². The molecule has 184 valence electrons. The fourth-order valence-corrected chi connectivity index (χ4v) is 7.63. The predicted octanol–water partition coefficient (Wildman–Crippen LogP) is 2.32. The van der Waals surface area contributed by atoms with E-state index in [-0.39, 0.29) is 60.1 Å². The van der Waals surface area contributed by atoms with Crippen LogP contribution in [-0.4, -0.2) is 56.6 Å². The molecule has 8 nitrogen and oxygen atoms in total. The standard InChI is InChI=1S/C25H25ClFN3O5/c1-12-15-5-7-25(24(12,15)11-31)28(2)22(34)19-14-6-8-29(10-13-3-4-17(27)16(26)9-13)21(33)18(14)20(32)23(35)30(19)25/h3-4,9,12,15,31-32H,5-8,10-11H2,1-2H3. The van der Waals surface area contributed by atoms with E-state index >= 15 is 0 Å². The summed E-state index contributed by atoms with van der Waals surface area (Å²) in [5.41, 5.74) is -1.56. The summed E-state index contributed by atoms with van der Waals surface area (Å²) in [6.07, 6.45) is 1.53. The van der Waals surface area contributed by atoms with Gasteiger partial charge in [-0.15, -0.1) is 0 Å². The van der Waals surface area contributed by atoms with E-state index in [1.165, 1.54) is 27.7 Å². The summed E-state index contributed by atoms with van der Waals surface area (Å²) in [4.78, 5) is 43.7. The molecule has 6 rings (SSSR count). The molecule has 2 aromatic rings. The van der Waals surface area contributed by atoms with Crippen LogP contribution in [0.2, 0.25) is 5.02 Å². The minimum Gasteiger partial charge on any atom is -0.502 e. The fraction of sp³-hybridized carbons (Fsp3) is 0.480. The molecule has 1 spiro atoms. The van der Waals surface area contributed by atoms with Crippen LogP contribution < -0.4 is 5.56 Å². The van der Waals surface area contributed by atoms with E-state index in [0.717, 1.165) is 6.42 Å². The number of aromatic hydroxyl groups is 1. The molecule has 0 bridgehead atoms. The molecule has 2 aliphatic heterocycles. The van der Waals surface area contributed by atoms with Crippen LogP contribution >= 0.6 is 11.6 Å². The number of aliphatic hydroxyl groups is 1. The highest BCUT2D eigenvalue weighted by Crippen LogP contribution is 2.76. The first-order valence-electron chi connectivity index (χ1n) is 11.8. The highest BCUT2D eigenvalue weighted by Gasteiger charge is 2.80. The molecule has 10 heteroatoms. The number of aliphatic hydroxyl groups excluding tert-OH is 1. The largest absolute Gasteiger partial charge is 0.502 e. The molecule has 3 heterocycles. The molecule has 2 amide bonds. The van der Waals surface area contributed by atoms with Gasteiger partial charge in [-0.3, -0.25) is 19.0 Å². The molecule has 0 saturated heterocycles. The second-order valence-electron chi connectivity index (χ2n) is 10.2. The Labute approximate surface area is 205 Å². The zero-order valence-corrected chi connectivity index (χ0v) is 20.1. The summed E-state index contributed by atoms with van der Waals surface area (Å²) in [5, 5.41) is 21.4. The zero-order valence-electron chi connectivity index (χ0n) is 19.3. The van der Waals surface area contributed by atoms with Gasteiger partial charge in [-0.05, 0) is 48.8 Å². The number of pyridine rings is 1. The predicted molar refractivity (Wildman–Crippen MR) is 124 cm³/mol. The smallest absolute Gasteiger partial charge is 0.296 e. The second kappa shape index (κ2) is 7.07. The molecule has 2 N–H and O–H groups in total.